The van der Waals surface area contributed by atoms with E-state index in [2.05, 4.69) is 19.2 Å². The molecule has 2 heteroatoms. The first-order valence-electron chi connectivity index (χ1n) is 5.00. The van der Waals surface area contributed by atoms with Crippen LogP contribution < -0.4 is 5.32 Å². The molecule has 0 aromatic carbocycles. The Morgan fingerprint density at radius 1 is 1.42 bits per heavy atom. The summed E-state index contributed by atoms with van der Waals surface area (Å²) >= 11 is 0. The van der Waals surface area contributed by atoms with E-state index in [1.54, 1.807) is 0 Å². The van der Waals surface area contributed by atoms with Crippen LogP contribution in [0.25, 0.3) is 0 Å². The Kier molecular flexibility index (Phi) is 4.02. The average molecular weight is 171 g/mol. The highest BCUT2D eigenvalue weighted by Gasteiger charge is 2.26. The van der Waals surface area contributed by atoms with E-state index >= 15 is 0 Å². The molecular weight excluding hydrogens is 150 g/mol. The third kappa shape index (κ3) is 2.76. The van der Waals surface area contributed by atoms with Gasteiger partial charge >= 0.3 is 0 Å². The van der Waals surface area contributed by atoms with E-state index in [1.807, 2.05) is 7.11 Å². The molecular formula is C10H21NO. The van der Waals surface area contributed by atoms with E-state index < -0.39 is 0 Å². The van der Waals surface area contributed by atoms with Crippen molar-refractivity contribution in [1.82, 2.24) is 5.32 Å². The van der Waals surface area contributed by atoms with Gasteiger partial charge in [0, 0.05) is 13.2 Å². The highest BCUT2D eigenvalue weighted by atomic mass is 16.5. The summed E-state index contributed by atoms with van der Waals surface area (Å²) < 4.78 is 5.39. The Balaban J connectivity index is 2.21. The van der Waals surface area contributed by atoms with E-state index in [1.165, 1.54) is 19.3 Å². The van der Waals surface area contributed by atoms with Gasteiger partial charge in [-0.25, -0.2) is 0 Å². The normalized spacial score (nSPS) is 30.0. The van der Waals surface area contributed by atoms with E-state index in [-0.39, 0.29) is 0 Å². The molecule has 0 unspecified atom stereocenters. The quantitative estimate of drug-likeness (QED) is 0.696. The second-order valence-electron chi connectivity index (χ2n) is 4.11. The Bertz CT molecular complexity index is 125. The van der Waals surface area contributed by atoms with Gasteiger partial charge in [0.2, 0.25) is 0 Å². The molecule has 1 N–H and O–H groups in total. The van der Waals surface area contributed by atoms with Crippen molar-refractivity contribution in [3.63, 3.8) is 0 Å². The van der Waals surface area contributed by atoms with Crippen molar-refractivity contribution in [3.8, 4) is 0 Å². The topological polar surface area (TPSA) is 21.3 Å². The van der Waals surface area contributed by atoms with Gasteiger partial charge in [-0.3, -0.25) is 0 Å². The maximum Gasteiger partial charge on any atom is 0.0724 e. The smallest absolute Gasteiger partial charge is 0.0724 e. The fourth-order valence-electron chi connectivity index (χ4n) is 1.83. The van der Waals surface area contributed by atoms with Crippen LogP contribution in [0.15, 0.2) is 0 Å². The van der Waals surface area contributed by atoms with Gasteiger partial charge in [-0.15, -0.1) is 0 Å². The predicted molar refractivity (Wildman–Crippen MR) is 51.3 cm³/mol. The number of nitrogens with one attached hydrogen (secondary N) is 1. The van der Waals surface area contributed by atoms with E-state index in [4.69, 9.17) is 4.74 Å². The standard InChI is InChI=1S/C10H21NO/c1-8(2)7-11-9-5-4-6-10(9)12-3/h8-11H,4-7H2,1-3H3/t9-,10-/m1/s1. The molecule has 1 saturated carbocycles. The second-order valence-corrected chi connectivity index (χ2v) is 4.11. The second kappa shape index (κ2) is 4.83. The summed E-state index contributed by atoms with van der Waals surface area (Å²) in [5, 5.41) is 3.56. The molecule has 0 spiro atoms. The van der Waals surface area contributed by atoms with E-state index in [0.29, 0.717) is 12.1 Å². The van der Waals surface area contributed by atoms with Crippen LogP contribution in [-0.4, -0.2) is 25.8 Å². The minimum absolute atomic E-state index is 0.462. The molecule has 0 bridgehead atoms. The predicted octanol–water partition coefficient (Wildman–Crippen LogP) is 1.80. The lowest BCUT2D eigenvalue weighted by Crippen LogP contribution is -2.38. The highest BCUT2D eigenvalue weighted by molar-refractivity contribution is 4.83. The van der Waals surface area contributed by atoms with Gasteiger partial charge in [-0.05, 0) is 31.7 Å². The molecule has 1 fully saturated rings. The Morgan fingerprint density at radius 2 is 2.17 bits per heavy atom. The third-order valence-electron chi connectivity index (χ3n) is 2.54. The zero-order valence-corrected chi connectivity index (χ0v) is 8.47. The van der Waals surface area contributed by atoms with Crippen molar-refractivity contribution >= 4 is 0 Å². The van der Waals surface area contributed by atoms with Gasteiger partial charge < -0.3 is 10.1 Å². The molecule has 72 valence electrons. The summed E-state index contributed by atoms with van der Waals surface area (Å²) in [6.07, 6.45) is 4.29. The fourth-order valence-corrected chi connectivity index (χ4v) is 1.83. The lowest BCUT2D eigenvalue weighted by Gasteiger charge is -2.20. The van der Waals surface area contributed by atoms with Crippen LogP contribution in [0.4, 0.5) is 0 Å². The number of ether oxygens (including phenoxy) is 1. The Morgan fingerprint density at radius 3 is 2.75 bits per heavy atom. The summed E-state index contributed by atoms with van der Waals surface area (Å²) in [6.45, 7) is 5.60. The lowest BCUT2D eigenvalue weighted by molar-refractivity contribution is 0.0843. The monoisotopic (exact) mass is 171 g/mol. The Hall–Kier alpha value is -0.0800. The van der Waals surface area contributed by atoms with Gasteiger partial charge in [0.25, 0.3) is 0 Å². The maximum atomic E-state index is 5.39. The molecule has 0 saturated heterocycles. The van der Waals surface area contributed by atoms with Crippen LogP contribution in [0, 0.1) is 5.92 Å². The summed E-state index contributed by atoms with van der Waals surface area (Å²) in [5.74, 6) is 0.739. The lowest BCUT2D eigenvalue weighted by atomic mass is 10.1. The molecule has 12 heavy (non-hydrogen) atoms. The molecule has 2 nitrogen and oxygen atoms in total. The van der Waals surface area contributed by atoms with Crippen molar-refractivity contribution in [2.75, 3.05) is 13.7 Å². The zero-order chi connectivity index (χ0) is 8.97. The van der Waals surface area contributed by atoms with Gasteiger partial charge in [-0.1, -0.05) is 13.8 Å². The molecule has 0 aromatic heterocycles. The molecule has 0 heterocycles. The highest BCUT2D eigenvalue weighted by Crippen LogP contribution is 2.21. The molecule has 2 atom stereocenters. The number of hydrogen-bond acceptors (Lipinski definition) is 2. The van der Waals surface area contributed by atoms with Crippen molar-refractivity contribution in [3.05, 3.63) is 0 Å². The van der Waals surface area contributed by atoms with Gasteiger partial charge in [-0.2, -0.15) is 0 Å². The van der Waals surface area contributed by atoms with Crippen molar-refractivity contribution in [2.24, 2.45) is 5.92 Å². The molecule has 1 aliphatic carbocycles. The van der Waals surface area contributed by atoms with Crippen LogP contribution >= 0.6 is 0 Å². The molecule has 1 rings (SSSR count). The van der Waals surface area contributed by atoms with Crippen molar-refractivity contribution < 1.29 is 4.74 Å². The van der Waals surface area contributed by atoms with Gasteiger partial charge in [0.1, 0.15) is 0 Å². The largest absolute Gasteiger partial charge is 0.380 e. The first-order valence-corrected chi connectivity index (χ1v) is 5.00. The van der Waals surface area contributed by atoms with E-state index in [0.717, 1.165) is 12.5 Å². The van der Waals surface area contributed by atoms with Gasteiger partial charge in [0.05, 0.1) is 6.10 Å². The number of hydrogen-bond donors (Lipinski definition) is 1. The Labute approximate surface area is 75.7 Å². The average Bonchev–Trinajstić information content (AvgIpc) is 2.47. The van der Waals surface area contributed by atoms with Crippen LogP contribution in [0.2, 0.25) is 0 Å². The number of rotatable bonds is 4. The van der Waals surface area contributed by atoms with Crippen LogP contribution in [-0.2, 0) is 4.74 Å². The zero-order valence-electron chi connectivity index (χ0n) is 8.47. The van der Waals surface area contributed by atoms with Crippen LogP contribution in [0.5, 0.6) is 0 Å². The summed E-state index contributed by atoms with van der Waals surface area (Å²) in [5.41, 5.74) is 0. The van der Waals surface area contributed by atoms with E-state index in [9.17, 15) is 0 Å². The SMILES string of the molecule is CO[C@@H]1CCC[C@H]1NCC(C)C. The van der Waals surface area contributed by atoms with Crippen molar-refractivity contribution in [1.29, 1.82) is 0 Å². The summed E-state index contributed by atoms with van der Waals surface area (Å²) in [7, 11) is 1.82. The number of methoxy groups -OCH3 is 1. The molecule has 0 amide bonds. The van der Waals surface area contributed by atoms with Crippen molar-refractivity contribution in [2.45, 2.75) is 45.3 Å². The maximum absolute atomic E-state index is 5.39. The molecule has 1 aliphatic rings. The van der Waals surface area contributed by atoms with Gasteiger partial charge in [0.15, 0.2) is 0 Å². The summed E-state index contributed by atoms with van der Waals surface area (Å²) in [6, 6.07) is 0.609. The van der Waals surface area contributed by atoms with Crippen LogP contribution in [0.1, 0.15) is 33.1 Å². The molecule has 0 radical (unpaired) electrons. The first-order chi connectivity index (χ1) is 5.74. The fraction of sp³-hybridized carbons (Fsp3) is 1.00. The molecule has 0 aliphatic heterocycles. The van der Waals surface area contributed by atoms with Crippen LogP contribution in [0.3, 0.4) is 0 Å². The first kappa shape index (κ1) is 10.0. The minimum atomic E-state index is 0.462. The minimum Gasteiger partial charge on any atom is -0.380 e. The molecule has 0 aromatic rings. The third-order valence-corrected chi connectivity index (χ3v) is 2.54. The summed E-state index contributed by atoms with van der Waals surface area (Å²) in [4.78, 5) is 0.